The average molecular weight is 406 g/mol. The van der Waals surface area contributed by atoms with Crippen LogP contribution in [-0.4, -0.2) is 9.78 Å². The van der Waals surface area contributed by atoms with Gasteiger partial charge in [-0.1, -0.05) is 6.07 Å². The van der Waals surface area contributed by atoms with Crippen molar-refractivity contribution in [1.29, 1.82) is 0 Å². The van der Waals surface area contributed by atoms with Crippen molar-refractivity contribution in [3.8, 4) is 0 Å². The van der Waals surface area contributed by atoms with Crippen molar-refractivity contribution in [2.45, 2.75) is 25.9 Å². The molecule has 0 saturated heterocycles. The van der Waals surface area contributed by atoms with E-state index in [-0.39, 0.29) is 17.9 Å². The van der Waals surface area contributed by atoms with E-state index in [9.17, 15) is 4.39 Å². The first-order chi connectivity index (χ1) is 9.45. The third-order valence-corrected chi connectivity index (χ3v) is 4.25. The van der Waals surface area contributed by atoms with Crippen molar-refractivity contribution in [2.75, 3.05) is 0 Å². The molecule has 1 unspecified atom stereocenters. The lowest BCUT2D eigenvalue weighted by Crippen LogP contribution is -2.31. The summed E-state index contributed by atoms with van der Waals surface area (Å²) >= 11 is 6.62. The number of hydrazine groups is 1. The van der Waals surface area contributed by atoms with Crippen LogP contribution in [-0.2, 0) is 0 Å². The summed E-state index contributed by atoms with van der Waals surface area (Å²) in [5, 5.41) is 4.32. The van der Waals surface area contributed by atoms with Crippen molar-refractivity contribution >= 4 is 31.9 Å². The lowest BCUT2D eigenvalue weighted by Gasteiger charge is -2.21. The van der Waals surface area contributed by atoms with Crippen molar-refractivity contribution < 1.29 is 4.39 Å². The zero-order chi connectivity index (χ0) is 14.9. The minimum Gasteiger partial charge on any atom is -0.271 e. The summed E-state index contributed by atoms with van der Waals surface area (Å²) in [4.78, 5) is 0. The van der Waals surface area contributed by atoms with Crippen LogP contribution in [0.25, 0.3) is 0 Å². The molecule has 1 atom stereocenters. The van der Waals surface area contributed by atoms with Gasteiger partial charge in [0.1, 0.15) is 5.82 Å². The van der Waals surface area contributed by atoms with Crippen LogP contribution in [0.15, 0.2) is 33.3 Å². The number of nitrogens with one attached hydrogen (secondary N) is 1. The highest BCUT2D eigenvalue weighted by Crippen LogP contribution is 2.31. The highest BCUT2D eigenvalue weighted by molar-refractivity contribution is 9.10. The predicted octanol–water partition coefficient (Wildman–Crippen LogP) is 3.68. The highest BCUT2D eigenvalue weighted by Gasteiger charge is 2.22. The van der Waals surface area contributed by atoms with Crippen molar-refractivity contribution in [3.05, 3.63) is 50.4 Å². The number of halogens is 3. The van der Waals surface area contributed by atoms with Crippen LogP contribution in [0, 0.1) is 5.82 Å². The van der Waals surface area contributed by atoms with E-state index in [1.165, 1.54) is 6.07 Å². The minimum atomic E-state index is -0.350. The van der Waals surface area contributed by atoms with Crippen molar-refractivity contribution in [3.63, 3.8) is 0 Å². The van der Waals surface area contributed by atoms with E-state index in [1.54, 1.807) is 12.3 Å². The number of hydrogen-bond acceptors (Lipinski definition) is 3. The second-order valence-corrected chi connectivity index (χ2v) is 6.40. The molecular weight excluding hydrogens is 391 g/mol. The van der Waals surface area contributed by atoms with Gasteiger partial charge >= 0.3 is 0 Å². The Labute approximate surface area is 133 Å². The number of rotatable bonds is 4. The maximum absolute atomic E-state index is 13.7. The van der Waals surface area contributed by atoms with Crippen LogP contribution >= 0.6 is 31.9 Å². The fourth-order valence-corrected chi connectivity index (χ4v) is 2.81. The van der Waals surface area contributed by atoms with Gasteiger partial charge in [-0.05, 0) is 63.4 Å². The Bertz CT molecular complexity index is 612. The first kappa shape index (κ1) is 15.6. The largest absolute Gasteiger partial charge is 0.271 e. The standard InChI is InChI=1S/C13H15Br2FN4/c1-7(2)20-13(10(15)6-18-20)12(19-17)8-3-4-9(14)11(16)5-8/h3-7,12,19H,17H2,1-2H3. The SMILES string of the molecule is CC(C)n1ncc(Br)c1C(NN)c1ccc(Br)c(F)c1. The molecule has 20 heavy (non-hydrogen) atoms. The molecule has 108 valence electrons. The van der Waals surface area contributed by atoms with E-state index in [4.69, 9.17) is 5.84 Å². The van der Waals surface area contributed by atoms with Crippen molar-refractivity contribution in [1.82, 2.24) is 15.2 Å². The van der Waals surface area contributed by atoms with Gasteiger partial charge in [-0.15, -0.1) is 0 Å². The topological polar surface area (TPSA) is 55.9 Å². The van der Waals surface area contributed by atoms with E-state index in [0.29, 0.717) is 4.47 Å². The lowest BCUT2D eigenvalue weighted by atomic mass is 10.0. The monoisotopic (exact) mass is 404 g/mol. The molecule has 1 aromatic carbocycles. The number of hydrogen-bond donors (Lipinski definition) is 2. The van der Waals surface area contributed by atoms with Crippen LogP contribution in [0.4, 0.5) is 4.39 Å². The minimum absolute atomic E-state index is 0.174. The van der Waals surface area contributed by atoms with Crippen LogP contribution in [0.5, 0.6) is 0 Å². The van der Waals surface area contributed by atoms with Gasteiger partial charge in [-0.25, -0.2) is 9.82 Å². The molecule has 0 fully saturated rings. The van der Waals surface area contributed by atoms with Gasteiger partial charge < -0.3 is 0 Å². The summed E-state index contributed by atoms with van der Waals surface area (Å²) in [5.74, 6) is 5.35. The van der Waals surface area contributed by atoms with Gasteiger partial charge in [0, 0.05) is 6.04 Å². The number of aromatic nitrogens is 2. The number of nitrogens with zero attached hydrogens (tertiary/aromatic N) is 2. The van der Waals surface area contributed by atoms with Crippen LogP contribution in [0.2, 0.25) is 0 Å². The zero-order valence-corrected chi connectivity index (χ0v) is 14.2. The summed E-state index contributed by atoms with van der Waals surface area (Å²) in [6.45, 7) is 4.05. The van der Waals surface area contributed by atoms with Crippen LogP contribution in [0.1, 0.15) is 37.2 Å². The molecule has 3 N–H and O–H groups in total. The summed E-state index contributed by atoms with van der Waals surface area (Å²) in [5.41, 5.74) is 4.33. The molecule has 0 bridgehead atoms. The van der Waals surface area contributed by atoms with Gasteiger partial charge in [0.15, 0.2) is 0 Å². The Kier molecular flexibility index (Phi) is 4.95. The van der Waals surface area contributed by atoms with E-state index in [0.717, 1.165) is 15.7 Å². The quantitative estimate of drug-likeness (QED) is 0.602. The summed E-state index contributed by atoms with van der Waals surface area (Å²) in [6, 6.07) is 4.77. The molecule has 0 spiro atoms. The molecule has 4 nitrogen and oxygen atoms in total. The molecule has 0 aliphatic rings. The number of nitrogens with two attached hydrogens (primary N) is 1. The Morgan fingerprint density at radius 1 is 1.30 bits per heavy atom. The smallest absolute Gasteiger partial charge is 0.137 e. The average Bonchev–Trinajstić information content (AvgIpc) is 2.77. The molecule has 0 aliphatic carbocycles. The second kappa shape index (κ2) is 6.34. The Balaban J connectivity index is 2.52. The van der Waals surface area contributed by atoms with Gasteiger partial charge in [-0.3, -0.25) is 10.5 Å². The Hall–Kier alpha value is -0.760. The van der Waals surface area contributed by atoms with E-state index in [2.05, 4.69) is 42.4 Å². The second-order valence-electron chi connectivity index (χ2n) is 4.69. The molecule has 2 rings (SSSR count). The first-order valence-electron chi connectivity index (χ1n) is 6.09. The molecule has 0 saturated carbocycles. The maximum atomic E-state index is 13.7. The molecule has 7 heteroatoms. The summed E-state index contributed by atoms with van der Waals surface area (Å²) < 4.78 is 16.8. The zero-order valence-electron chi connectivity index (χ0n) is 11.1. The van der Waals surface area contributed by atoms with E-state index < -0.39 is 0 Å². The van der Waals surface area contributed by atoms with Crippen molar-refractivity contribution in [2.24, 2.45) is 5.84 Å². The predicted molar refractivity (Wildman–Crippen MR) is 83.6 cm³/mol. The van der Waals surface area contributed by atoms with Gasteiger partial charge in [0.05, 0.1) is 26.9 Å². The van der Waals surface area contributed by atoms with Crippen LogP contribution in [0.3, 0.4) is 0 Å². The van der Waals surface area contributed by atoms with Gasteiger partial charge in [0.2, 0.25) is 0 Å². The third-order valence-electron chi connectivity index (χ3n) is 2.99. The van der Waals surface area contributed by atoms with Gasteiger partial charge in [-0.2, -0.15) is 5.10 Å². The highest BCUT2D eigenvalue weighted by atomic mass is 79.9. The fourth-order valence-electron chi connectivity index (χ4n) is 2.06. The Morgan fingerprint density at radius 2 is 2.00 bits per heavy atom. The molecule has 2 aromatic rings. The molecular formula is C13H15Br2FN4. The Morgan fingerprint density at radius 3 is 2.55 bits per heavy atom. The normalized spacial score (nSPS) is 12.9. The molecule has 0 aliphatic heterocycles. The molecule has 1 heterocycles. The molecule has 1 aromatic heterocycles. The fraction of sp³-hybridized carbons (Fsp3) is 0.308. The third kappa shape index (κ3) is 2.95. The van der Waals surface area contributed by atoms with E-state index in [1.807, 2.05) is 24.6 Å². The molecule has 0 amide bonds. The van der Waals surface area contributed by atoms with Crippen LogP contribution < -0.4 is 11.3 Å². The number of benzene rings is 1. The lowest BCUT2D eigenvalue weighted by molar-refractivity contribution is 0.474. The summed E-state index contributed by atoms with van der Waals surface area (Å²) in [6.07, 6.45) is 1.72. The first-order valence-corrected chi connectivity index (χ1v) is 7.68. The van der Waals surface area contributed by atoms with E-state index >= 15 is 0 Å². The summed E-state index contributed by atoms with van der Waals surface area (Å²) in [7, 11) is 0. The van der Waals surface area contributed by atoms with Gasteiger partial charge in [0.25, 0.3) is 0 Å². The molecule has 0 radical (unpaired) electrons. The maximum Gasteiger partial charge on any atom is 0.137 e.